The van der Waals surface area contributed by atoms with Gasteiger partial charge in [0.05, 0.1) is 18.1 Å². The lowest BCUT2D eigenvalue weighted by Crippen LogP contribution is -2.57. The molecule has 25 heavy (non-hydrogen) atoms. The molecule has 1 aliphatic heterocycles. The van der Waals surface area contributed by atoms with Gasteiger partial charge in [-0.15, -0.1) is 0 Å². The SMILES string of the molecule is Cc1ccccc1C1(C(=O)N2CC(C(=O)O)O[C@H](C)C2)CCCCC1. The Morgan fingerprint density at radius 3 is 2.48 bits per heavy atom. The van der Waals surface area contributed by atoms with E-state index in [4.69, 9.17) is 4.74 Å². The van der Waals surface area contributed by atoms with E-state index >= 15 is 0 Å². The van der Waals surface area contributed by atoms with Gasteiger partial charge in [-0.1, -0.05) is 43.5 Å². The van der Waals surface area contributed by atoms with Crippen LogP contribution in [0.25, 0.3) is 0 Å². The van der Waals surface area contributed by atoms with E-state index in [1.807, 2.05) is 19.1 Å². The second-order valence-electron chi connectivity index (χ2n) is 7.44. The van der Waals surface area contributed by atoms with Crippen molar-refractivity contribution in [3.05, 3.63) is 35.4 Å². The van der Waals surface area contributed by atoms with Gasteiger partial charge in [-0.2, -0.15) is 0 Å². The van der Waals surface area contributed by atoms with Crippen LogP contribution >= 0.6 is 0 Å². The first-order valence-corrected chi connectivity index (χ1v) is 9.18. The fourth-order valence-electron chi connectivity index (χ4n) is 4.42. The van der Waals surface area contributed by atoms with Gasteiger partial charge in [0.1, 0.15) is 0 Å². The average molecular weight is 345 g/mol. The number of morpholine rings is 1. The zero-order valence-corrected chi connectivity index (χ0v) is 15.0. The first kappa shape index (κ1) is 17.9. The Hall–Kier alpha value is -1.88. The number of carboxylic acids is 1. The summed E-state index contributed by atoms with van der Waals surface area (Å²) in [4.78, 5) is 26.7. The van der Waals surface area contributed by atoms with E-state index in [2.05, 4.69) is 19.1 Å². The number of carbonyl (C=O) groups is 2. The number of aryl methyl sites for hydroxylation is 1. The highest BCUT2D eigenvalue weighted by atomic mass is 16.5. The molecule has 5 heteroatoms. The molecule has 1 saturated heterocycles. The molecule has 1 aromatic rings. The third-order valence-corrected chi connectivity index (χ3v) is 5.60. The van der Waals surface area contributed by atoms with Crippen LogP contribution in [0, 0.1) is 6.92 Å². The quantitative estimate of drug-likeness (QED) is 0.915. The molecule has 0 aromatic heterocycles. The van der Waals surface area contributed by atoms with Gasteiger partial charge in [0.15, 0.2) is 6.10 Å². The van der Waals surface area contributed by atoms with Crippen LogP contribution in [0.4, 0.5) is 0 Å². The van der Waals surface area contributed by atoms with Crippen molar-refractivity contribution in [3.63, 3.8) is 0 Å². The van der Waals surface area contributed by atoms with Crippen LogP contribution in [0.1, 0.15) is 50.2 Å². The first-order chi connectivity index (χ1) is 11.9. The topological polar surface area (TPSA) is 66.8 Å². The zero-order valence-electron chi connectivity index (χ0n) is 15.0. The van der Waals surface area contributed by atoms with Gasteiger partial charge in [0, 0.05) is 6.54 Å². The Bertz CT molecular complexity index is 651. The lowest BCUT2D eigenvalue weighted by Gasteiger charge is -2.44. The molecule has 0 bridgehead atoms. The molecule has 1 amide bonds. The maximum Gasteiger partial charge on any atom is 0.334 e. The van der Waals surface area contributed by atoms with Gasteiger partial charge in [-0.3, -0.25) is 4.79 Å². The predicted molar refractivity (Wildman–Crippen MR) is 94.5 cm³/mol. The summed E-state index contributed by atoms with van der Waals surface area (Å²) in [5.41, 5.74) is 1.71. The van der Waals surface area contributed by atoms with Crippen molar-refractivity contribution < 1.29 is 19.4 Å². The van der Waals surface area contributed by atoms with Crippen LogP contribution < -0.4 is 0 Å². The Kier molecular flexibility index (Phi) is 5.13. The van der Waals surface area contributed by atoms with Crippen molar-refractivity contribution in [2.24, 2.45) is 0 Å². The van der Waals surface area contributed by atoms with Crippen LogP contribution in [-0.2, 0) is 19.7 Å². The van der Waals surface area contributed by atoms with Gasteiger partial charge in [0.2, 0.25) is 5.91 Å². The molecule has 1 aromatic carbocycles. The van der Waals surface area contributed by atoms with Crippen molar-refractivity contribution >= 4 is 11.9 Å². The van der Waals surface area contributed by atoms with Gasteiger partial charge >= 0.3 is 5.97 Å². The van der Waals surface area contributed by atoms with Gasteiger partial charge < -0.3 is 14.7 Å². The highest BCUT2D eigenvalue weighted by Crippen LogP contribution is 2.42. The number of nitrogens with zero attached hydrogens (tertiary/aromatic N) is 1. The minimum absolute atomic E-state index is 0.0721. The summed E-state index contributed by atoms with van der Waals surface area (Å²) in [6.07, 6.45) is 3.67. The van der Waals surface area contributed by atoms with Crippen LogP contribution in [0.15, 0.2) is 24.3 Å². The van der Waals surface area contributed by atoms with E-state index in [-0.39, 0.29) is 18.6 Å². The molecule has 2 atom stereocenters. The minimum Gasteiger partial charge on any atom is -0.479 e. The molecule has 136 valence electrons. The second kappa shape index (κ2) is 7.16. The Morgan fingerprint density at radius 1 is 1.16 bits per heavy atom. The Balaban J connectivity index is 1.95. The van der Waals surface area contributed by atoms with E-state index in [0.717, 1.165) is 43.2 Å². The molecule has 1 heterocycles. The number of carboxylic acid groups (broad SMARTS) is 1. The van der Waals surface area contributed by atoms with Gasteiger partial charge in [-0.05, 0) is 37.8 Å². The predicted octanol–water partition coefficient (Wildman–Crippen LogP) is 2.90. The van der Waals surface area contributed by atoms with Crippen LogP contribution in [0.3, 0.4) is 0 Å². The molecule has 2 aliphatic rings. The van der Waals surface area contributed by atoms with Crippen molar-refractivity contribution in [1.82, 2.24) is 4.90 Å². The molecule has 3 rings (SSSR count). The molecule has 0 spiro atoms. The van der Waals surface area contributed by atoms with Crippen LogP contribution in [0.5, 0.6) is 0 Å². The molecular formula is C20H27NO4. The summed E-state index contributed by atoms with van der Waals surface area (Å²) in [6, 6.07) is 8.11. The zero-order chi connectivity index (χ0) is 18.0. The second-order valence-corrected chi connectivity index (χ2v) is 7.44. The van der Waals surface area contributed by atoms with Crippen molar-refractivity contribution in [2.45, 2.75) is 63.6 Å². The fourth-order valence-corrected chi connectivity index (χ4v) is 4.42. The largest absolute Gasteiger partial charge is 0.479 e. The molecule has 5 nitrogen and oxygen atoms in total. The standard InChI is InChI=1S/C20H27NO4/c1-14-8-4-5-9-16(14)20(10-6-3-7-11-20)19(24)21-12-15(2)25-17(13-21)18(22)23/h4-5,8-9,15,17H,3,6-7,10-13H2,1-2H3,(H,22,23)/t15-,17?/m1/s1. The summed E-state index contributed by atoms with van der Waals surface area (Å²) in [5.74, 6) is -0.930. The third kappa shape index (κ3) is 3.43. The minimum atomic E-state index is -1.00. The maximum absolute atomic E-state index is 13.6. The normalized spacial score (nSPS) is 26.2. The lowest BCUT2D eigenvalue weighted by atomic mass is 9.67. The summed E-state index contributed by atoms with van der Waals surface area (Å²) in [5, 5.41) is 9.33. The molecular weight excluding hydrogens is 318 g/mol. The number of hydrogen-bond acceptors (Lipinski definition) is 3. The molecule has 1 N–H and O–H groups in total. The van der Waals surface area contributed by atoms with Gasteiger partial charge in [-0.25, -0.2) is 4.79 Å². The smallest absolute Gasteiger partial charge is 0.334 e. The lowest BCUT2D eigenvalue weighted by molar-refractivity contribution is -0.169. The summed E-state index contributed by atoms with van der Waals surface area (Å²) in [7, 11) is 0. The molecule has 1 unspecified atom stereocenters. The molecule has 1 aliphatic carbocycles. The van der Waals surface area contributed by atoms with Crippen molar-refractivity contribution in [3.8, 4) is 0 Å². The first-order valence-electron chi connectivity index (χ1n) is 9.18. The van der Waals surface area contributed by atoms with Crippen molar-refractivity contribution in [1.29, 1.82) is 0 Å². The Labute approximate surface area is 149 Å². The molecule has 2 fully saturated rings. The van der Waals surface area contributed by atoms with Gasteiger partial charge in [0.25, 0.3) is 0 Å². The number of ether oxygens (including phenoxy) is 1. The fraction of sp³-hybridized carbons (Fsp3) is 0.600. The number of carbonyl (C=O) groups excluding carboxylic acids is 1. The summed E-state index contributed by atoms with van der Waals surface area (Å²) >= 11 is 0. The van der Waals surface area contributed by atoms with E-state index in [1.165, 1.54) is 0 Å². The van der Waals surface area contributed by atoms with E-state index < -0.39 is 17.5 Å². The van der Waals surface area contributed by atoms with Crippen LogP contribution in [0.2, 0.25) is 0 Å². The monoisotopic (exact) mass is 345 g/mol. The number of aliphatic carboxylic acids is 1. The average Bonchev–Trinajstić information content (AvgIpc) is 2.61. The number of benzene rings is 1. The van der Waals surface area contributed by atoms with Crippen LogP contribution in [-0.4, -0.2) is 47.2 Å². The number of hydrogen-bond donors (Lipinski definition) is 1. The summed E-state index contributed by atoms with van der Waals surface area (Å²) < 4.78 is 5.48. The van der Waals surface area contributed by atoms with E-state index in [1.54, 1.807) is 4.90 Å². The van der Waals surface area contributed by atoms with E-state index in [0.29, 0.717) is 6.54 Å². The number of amides is 1. The summed E-state index contributed by atoms with van der Waals surface area (Å²) in [6.45, 7) is 4.47. The Morgan fingerprint density at radius 2 is 1.84 bits per heavy atom. The molecule has 0 radical (unpaired) electrons. The third-order valence-electron chi connectivity index (χ3n) is 5.60. The maximum atomic E-state index is 13.6. The van der Waals surface area contributed by atoms with Crippen molar-refractivity contribution in [2.75, 3.05) is 13.1 Å². The molecule has 1 saturated carbocycles. The highest BCUT2D eigenvalue weighted by molar-refractivity contribution is 5.89. The number of rotatable bonds is 3. The highest BCUT2D eigenvalue weighted by Gasteiger charge is 2.46. The van der Waals surface area contributed by atoms with E-state index in [9.17, 15) is 14.7 Å².